The number of unbranched alkanes of at least 4 members (excludes halogenated alkanes) is 3. The molecule has 0 aliphatic carbocycles. The molecule has 0 amide bonds. The van der Waals surface area contributed by atoms with E-state index in [1.54, 1.807) is 0 Å². The first-order valence-electron chi connectivity index (χ1n) is 12.5. The number of aryl methyl sites for hydroxylation is 1. The van der Waals surface area contributed by atoms with Crippen molar-refractivity contribution in [1.29, 1.82) is 0 Å². The average Bonchev–Trinajstić information content (AvgIpc) is 3.09. The van der Waals surface area contributed by atoms with E-state index in [0.717, 1.165) is 32.2 Å². The summed E-state index contributed by atoms with van der Waals surface area (Å²) in [6.45, 7) is 18.1. The summed E-state index contributed by atoms with van der Waals surface area (Å²) >= 11 is 0. The molecule has 34 heavy (non-hydrogen) atoms. The number of ether oxygens (including phenoxy) is 1. The predicted molar refractivity (Wildman–Crippen MR) is 142 cm³/mol. The summed E-state index contributed by atoms with van der Waals surface area (Å²) in [4.78, 5) is 11.6. The number of carbonyl (C=O) groups excluding carboxylic acids is 1. The highest BCUT2D eigenvalue weighted by Crippen LogP contribution is 2.36. The Morgan fingerprint density at radius 1 is 0.853 bits per heavy atom. The Bertz CT molecular complexity index is 1100. The van der Waals surface area contributed by atoms with Crippen LogP contribution in [0.3, 0.4) is 0 Å². The van der Waals surface area contributed by atoms with E-state index in [1.807, 2.05) is 0 Å². The highest BCUT2D eigenvalue weighted by Gasteiger charge is 2.20. The SMILES string of the molecule is C=C(CO)C(=O)OCCCCCCn1c2ccc(C(C)(C)C)cc2c2cc(C(C)(C)C)ccc21. The molecule has 0 aliphatic rings. The molecule has 0 unspecified atom stereocenters. The van der Waals surface area contributed by atoms with Crippen molar-refractivity contribution in [2.75, 3.05) is 13.2 Å². The third kappa shape index (κ3) is 5.90. The van der Waals surface area contributed by atoms with Crippen LogP contribution in [-0.2, 0) is 26.9 Å². The minimum atomic E-state index is -0.503. The van der Waals surface area contributed by atoms with Gasteiger partial charge in [0.15, 0.2) is 0 Å². The largest absolute Gasteiger partial charge is 0.462 e. The van der Waals surface area contributed by atoms with Crippen LogP contribution in [0.2, 0.25) is 0 Å². The zero-order valence-electron chi connectivity index (χ0n) is 21.8. The summed E-state index contributed by atoms with van der Waals surface area (Å²) in [5, 5.41) is 11.6. The number of hydrogen-bond acceptors (Lipinski definition) is 3. The first kappa shape index (κ1) is 26.0. The fourth-order valence-corrected chi connectivity index (χ4v) is 4.33. The van der Waals surface area contributed by atoms with Crippen LogP contribution in [0.1, 0.15) is 78.4 Å². The van der Waals surface area contributed by atoms with Gasteiger partial charge in [-0.05, 0) is 65.5 Å². The fourth-order valence-electron chi connectivity index (χ4n) is 4.33. The molecular formula is C30H41NO3. The summed E-state index contributed by atoms with van der Waals surface area (Å²) in [5.41, 5.74) is 5.64. The number of rotatable bonds is 9. The normalized spacial score (nSPS) is 12.4. The standard InChI is InChI=1S/C30H41NO3/c1-21(20-32)28(33)34-17-11-9-8-10-16-31-26-14-12-22(29(2,3)4)18-24(26)25-19-23(30(5,6)7)13-15-27(25)31/h12-15,18-19,32H,1,8-11,16-17,20H2,2-7H3. The molecule has 3 aromatic rings. The Labute approximate surface area is 204 Å². The second-order valence-electron chi connectivity index (χ2n) is 11.4. The van der Waals surface area contributed by atoms with Gasteiger partial charge in [0.2, 0.25) is 0 Å². The van der Waals surface area contributed by atoms with Gasteiger partial charge in [-0.25, -0.2) is 4.79 Å². The molecule has 4 nitrogen and oxygen atoms in total. The molecule has 0 saturated carbocycles. The molecule has 0 aliphatic heterocycles. The Kier molecular flexibility index (Phi) is 7.92. The highest BCUT2D eigenvalue weighted by molar-refractivity contribution is 6.08. The van der Waals surface area contributed by atoms with Crippen LogP contribution in [0.15, 0.2) is 48.6 Å². The number of benzene rings is 2. The van der Waals surface area contributed by atoms with Crippen molar-refractivity contribution < 1.29 is 14.6 Å². The fraction of sp³-hybridized carbons (Fsp3) is 0.500. The molecule has 0 saturated heterocycles. The monoisotopic (exact) mass is 463 g/mol. The Morgan fingerprint density at radius 3 is 1.82 bits per heavy atom. The number of carbonyl (C=O) groups is 1. The lowest BCUT2D eigenvalue weighted by atomic mass is 9.85. The smallest absolute Gasteiger partial charge is 0.335 e. The van der Waals surface area contributed by atoms with E-state index in [4.69, 9.17) is 9.84 Å². The van der Waals surface area contributed by atoms with Gasteiger partial charge in [-0.3, -0.25) is 0 Å². The second kappa shape index (κ2) is 10.4. The Balaban J connectivity index is 1.77. The topological polar surface area (TPSA) is 51.5 Å². The maximum Gasteiger partial charge on any atom is 0.335 e. The average molecular weight is 464 g/mol. The van der Waals surface area contributed by atoms with Crippen molar-refractivity contribution in [2.45, 2.75) is 84.6 Å². The lowest BCUT2D eigenvalue weighted by Crippen LogP contribution is -2.10. The van der Waals surface area contributed by atoms with Gasteiger partial charge in [0, 0.05) is 28.4 Å². The molecule has 184 valence electrons. The van der Waals surface area contributed by atoms with Gasteiger partial charge < -0.3 is 14.4 Å². The van der Waals surface area contributed by atoms with Crippen molar-refractivity contribution in [3.8, 4) is 0 Å². The summed E-state index contributed by atoms with van der Waals surface area (Å²) in [6.07, 6.45) is 3.96. The van der Waals surface area contributed by atoms with Gasteiger partial charge in [0.1, 0.15) is 0 Å². The van der Waals surface area contributed by atoms with Crippen LogP contribution in [0, 0.1) is 0 Å². The third-order valence-corrected chi connectivity index (χ3v) is 6.59. The van der Waals surface area contributed by atoms with E-state index in [9.17, 15) is 4.79 Å². The zero-order chi connectivity index (χ0) is 25.1. The van der Waals surface area contributed by atoms with E-state index < -0.39 is 5.97 Å². The molecule has 0 bridgehead atoms. The third-order valence-electron chi connectivity index (χ3n) is 6.59. The van der Waals surface area contributed by atoms with Crippen molar-refractivity contribution in [1.82, 2.24) is 4.57 Å². The number of aromatic nitrogens is 1. The molecule has 4 heteroatoms. The van der Waals surface area contributed by atoms with Gasteiger partial charge in [-0.1, -0.05) is 66.7 Å². The van der Waals surface area contributed by atoms with Crippen LogP contribution in [-0.4, -0.2) is 28.9 Å². The summed E-state index contributed by atoms with van der Waals surface area (Å²) in [6, 6.07) is 13.9. The van der Waals surface area contributed by atoms with Crippen LogP contribution in [0.25, 0.3) is 21.8 Å². The first-order chi connectivity index (χ1) is 15.9. The van der Waals surface area contributed by atoms with E-state index in [-0.39, 0.29) is 23.0 Å². The molecular weight excluding hydrogens is 422 g/mol. The molecule has 1 heterocycles. The number of aliphatic hydroxyl groups is 1. The van der Waals surface area contributed by atoms with Crippen LogP contribution in [0.5, 0.6) is 0 Å². The van der Waals surface area contributed by atoms with E-state index in [0.29, 0.717) is 6.61 Å². The first-order valence-corrected chi connectivity index (χ1v) is 12.5. The summed E-state index contributed by atoms with van der Waals surface area (Å²) < 4.78 is 7.60. The molecule has 2 aromatic carbocycles. The number of fused-ring (bicyclic) bond motifs is 3. The van der Waals surface area contributed by atoms with Crippen molar-refractivity contribution >= 4 is 27.8 Å². The number of nitrogens with zero attached hydrogens (tertiary/aromatic N) is 1. The van der Waals surface area contributed by atoms with Gasteiger partial charge in [0.05, 0.1) is 18.8 Å². The van der Waals surface area contributed by atoms with Crippen LogP contribution < -0.4 is 0 Å². The van der Waals surface area contributed by atoms with Crippen molar-refractivity contribution in [3.63, 3.8) is 0 Å². The lowest BCUT2D eigenvalue weighted by Gasteiger charge is -2.19. The molecule has 0 atom stereocenters. The second-order valence-corrected chi connectivity index (χ2v) is 11.4. The van der Waals surface area contributed by atoms with Gasteiger partial charge in [0.25, 0.3) is 0 Å². The zero-order valence-corrected chi connectivity index (χ0v) is 21.8. The van der Waals surface area contributed by atoms with E-state index >= 15 is 0 Å². The van der Waals surface area contributed by atoms with Gasteiger partial charge in [-0.2, -0.15) is 0 Å². The van der Waals surface area contributed by atoms with Crippen molar-refractivity contribution in [2.24, 2.45) is 0 Å². The van der Waals surface area contributed by atoms with Gasteiger partial charge in [-0.15, -0.1) is 0 Å². The molecule has 1 N–H and O–H groups in total. The quantitative estimate of drug-likeness (QED) is 0.210. The summed E-state index contributed by atoms with van der Waals surface area (Å²) in [5.74, 6) is -0.503. The Hall–Kier alpha value is -2.59. The molecule has 1 aromatic heterocycles. The lowest BCUT2D eigenvalue weighted by molar-refractivity contribution is -0.139. The minimum absolute atomic E-state index is 0.107. The molecule has 0 fully saturated rings. The highest BCUT2D eigenvalue weighted by atomic mass is 16.5. The predicted octanol–water partition coefficient (Wildman–Crippen LogP) is 7.04. The maximum atomic E-state index is 11.6. The Morgan fingerprint density at radius 2 is 1.35 bits per heavy atom. The molecule has 0 spiro atoms. The maximum absolute atomic E-state index is 11.6. The molecule has 0 radical (unpaired) electrons. The number of hydrogen-bond donors (Lipinski definition) is 1. The van der Waals surface area contributed by atoms with Gasteiger partial charge >= 0.3 is 5.97 Å². The summed E-state index contributed by atoms with van der Waals surface area (Å²) in [7, 11) is 0. The van der Waals surface area contributed by atoms with E-state index in [1.165, 1.54) is 32.9 Å². The van der Waals surface area contributed by atoms with Crippen LogP contribution >= 0.6 is 0 Å². The van der Waals surface area contributed by atoms with E-state index in [2.05, 4.69) is 89.1 Å². The van der Waals surface area contributed by atoms with Crippen molar-refractivity contribution in [3.05, 3.63) is 59.7 Å². The van der Waals surface area contributed by atoms with Crippen LogP contribution in [0.4, 0.5) is 0 Å². The minimum Gasteiger partial charge on any atom is -0.462 e. The molecule has 3 rings (SSSR count). The number of aliphatic hydroxyl groups excluding tert-OH is 1. The number of esters is 1.